The highest BCUT2D eigenvalue weighted by molar-refractivity contribution is 5.68. The summed E-state index contributed by atoms with van der Waals surface area (Å²) >= 11 is 0. The Morgan fingerprint density at radius 2 is 2.39 bits per heavy atom. The Morgan fingerprint density at radius 1 is 1.56 bits per heavy atom. The van der Waals surface area contributed by atoms with Gasteiger partial charge in [0.1, 0.15) is 0 Å². The van der Waals surface area contributed by atoms with E-state index in [1.165, 1.54) is 19.4 Å². The summed E-state index contributed by atoms with van der Waals surface area (Å²) in [5.41, 5.74) is 8.10. The number of anilines is 2. The summed E-state index contributed by atoms with van der Waals surface area (Å²) in [6, 6.07) is 8.10. The molecule has 96 valence electrons. The maximum absolute atomic E-state index is 8.79. The van der Waals surface area contributed by atoms with Crippen molar-refractivity contribution in [3.8, 4) is 6.07 Å². The van der Waals surface area contributed by atoms with Gasteiger partial charge >= 0.3 is 0 Å². The van der Waals surface area contributed by atoms with Gasteiger partial charge in [-0.3, -0.25) is 4.90 Å². The Hall–Kier alpha value is -1.73. The van der Waals surface area contributed by atoms with Gasteiger partial charge in [0.2, 0.25) is 0 Å². The highest BCUT2D eigenvalue weighted by atomic mass is 15.2. The molecule has 0 aromatic heterocycles. The van der Waals surface area contributed by atoms with Gasteiger partial charge in [-0.1, -0.05) is 6.92 Å². The third-order valence-electron chi connectivity index (χ3n) is 3.61. The van der Waals surface area contributed by atoms with Crippen LogP contribution in [-0.2, 0) is 0 Å². The van der Waals surface area contributed by atoms with Crippen molar-refractivity contribution >= 4 is 11.4 Å². The van der Waals surface area contributed by atoms with E-state index in [4.69, 9.17) is 11.0 Å². The van der Waals surface area contributed by atoms with E-state index in [9.17, 15) is 0 Å². The molecule has 0 bridgehead atoms. The maximum atomic E-state index is 8.79. The van der Waals surface area contributed by atoms with Crippen LogP contribution in [0.3, 0.4) is 0 Å². The molecule has 18 heavy (non-hydrogen) atoms. The number of nitrogen functional groups attached to an aromatic ring is 1. The molecule has 3 N–H and O–H groups in total. The van der Waals surface area contributed by atoms with Crippen LogP contribution >= 0.6 is 0 Å². The van der Waals surface area contributed by atoms with Gasteiger partial charge in [-0.25, -0.2) is 0 Å². The number of hydrogen-bond donors (Lipinski definition) is 2. The maximum Gasteiger partial charge on any atom is 0.0992 e. The van der Waals surface area contributed by atoms with Gasteiger partial charge in [0.25, 0.3) is 0 Å². The van der Waals surface area contributed by atoms with Crippen molar-refractivity contribution in [3.05, 3.63) is 23.8 Å². The average Bonchev–Trinajstić information content (AvgIpc) is 2.84. The Morgan fingerprint density at radius 3 is 3.06 bits per heavy atom. The summed E-state index contributed by atoms with van der Waals surface area (Å²) in [6.07, 6.45) is 2.53. The first-order chi connectivity index (χ1) is 8.74. The van der Waals surface area contributed by atoms with Crippen LogP contribution in [0.5, 0.6) is 0 Å². The number of nitriles is 1. The minimum absolute atomic E-state index is 0.602. The Balaban J connectivity index is 1.96. The quantitative estimate of drug-likeness (QED) is 0.795. The first kappa shape index (κ1) is 12.7. The van der Waals surface area contributed by atoms with Gasteiger partial charge in [-0.05, 0) is 44.1 Å². The summed E-state index contributed by atoms with van der Waals surface area (Å²) < 4.78 is 0. The van der Waals surface area contributed by atoms with Crippen LogP contribution in [0.4, 0.5) is 11.4 Å². The van der Waals surface area contributed by atoms with Gasteiger partial charge in [0.15, 0.2) is 0 Å². The lowest BCUT2D eigenvalue weighted by molar-refractivity contribution is 0.277. The topological polar surface area (TPSA) is 65.1 Å². The zero-order chi connectivity index (χ0) is 13.0. The highest BCUT2D eigenvalue weighted by Gasteiger charge is 2.22. The number of rotatable bonds is 4. The second-order valence-electron chi connectivity index (χ2n) is 4.72. The highest BCUT2D eigenvalue weighted by Crippen LogP contribution is 2.22. The predicted octanol–water partition coefficient (Wildman–Crippen LogP) is 2.04. The lowest BCUT2D eigenvalue weighted by Gasteiger charge is -2.23. The van der Waals surface area contributed by atoms with Crippen molar-refractivity contribution in [1.29, 1.82) is 5.26 Å². The van der Waals surface area contributed by atoms with E-state index in [0.717, 1.165) is 18.8 Å². The molecule has 0 spiro atoms. The molecule has 2 rings (SSSR count). The fourth-order valence-corrected chi connectivity index (χ4v) is 2.56. The summed E-state index contributed by atoms with van der Waals surface area (Å²) in [5, 5.41) is 12.2. The number of hydrogen-bond acceptors (Lipinski definition) is 4. The second-order valence-corrected chi connectivity index (χ2v) is 4.72. The van der Waals surface area contributed by atoms with Crippen molar-refractivity contribution in [2.75, 3.05) is 30.7 Å². The Labute approximate surface area is 108 Å². The molecule has 1 aliphatic rings. The first-order valence-electron chi connectivity index (χ1n) is 6.52. The Bertz CT molecular complexity index is 450. The molecule has 4 nitrogen and oxygen atoms in total. The molecule has 1 heterocycles. The van der Waals surface area contributed by atoms with Crippen LogP contribution in [0.1, 0.15) is 25.3 Å². The van der Waals surface area contributed by atoms with E-state index in [1.807, 2.05) is 6.07 Å². The predicted molar refractivity (Wildman–Crippen MR) is 74.3 cm³/mol. The average molecular weight is 244 g/mol. The van der Waals surface area contributed by atoms with E-state index in [-0.39, 0.29) is 0 Å². The number of likely N-dealkylation sites (tertiary alicyclic amines) is 1. The van der Waals surface area contributed by atoms with Gasteiger partial charge in [0, 0.05) is 12.6 Å². The fourth-order valence-electron chi connectivity index (χ4n) is 2.56. The summed E-state index contributed by atoms with van der Waals surface area (Å²) in [7, 11) is 0. The molecule has 0 amide bonds. The van der Waals surface area contributed by atoms with E-state index < -0.39 is 0 Å². The van der Waals surface area contributed by atoms with Crippen LogP contribution in [0.2, 0.25) is 0 Å². The monoisotopic (exact) mass is 244 g/mol. The minimum Gasteiger partial charge on any atom is -0.397 e. The van der Waals surface area contributed by atoms with Crippen molar-refractivity contribution in [3.63, 3.8) is 0 Å². The molecule has 1 fully saturated rings. The molecule has 1 unspecified atom stereocenters. The standard InChI is InChI=1S/C14H20N4/c1-2-18-7-3-4-12(18)10-17-14-6-5-11(9-15)8-13(14)16/h5-6,8,12,17H,2-4,7,10,16H2,1H3. The number of benzene rings is 1. The molecule has 0 saturated carbocycles. The zero-order valence-electron chi connectivity index (χ0n) is 10.8. The van der Waals surface area contributed by atoms with Crippen LogP contribution in [0.15, 0.2) is 18.2 Å². The molecule has 1 aromatic rings. The smallest absolute Gasteiger partial charge is 0.0992 e. The van der Waals surface area contributed by atoms with Crippen LogP contribution in [0.25, 0.3) is 0 Å². The van der Waals surface area contributed by atoms with Gasteiger partial charge in [-0.15, -0.1) is 0 Å². The molecule has 1 aromatic carbocycles. The molecule has 1 aliphatic heterocycles. The third kappa shape index (κ3) is 2.74. The third-order valence-corrected chi connectivity index (χ3v) is 3.61. The number of likely N-dealkylation sites (N-methyl/N-ethyl adjacent to an activating group) is 1. The van der Waals surface area contributed by atoms with E-state index in [1.54, 1.807) is 12.1 Å². The number of nitrogens with zero attached hydrogens (tertiary/aromatic N) is 2. The van der Waals surface area contributed by atoms with Crippen LogP contribution in [0, 0.1) is 11.3 Å². The second kappa shape index (κ2) is 5.74. The molecule has 0 aliphatic carbocycles. The van der Waals surface area contributed by atoms with Gasteiger partial charge < -0.3 is 11.1 Å². The van der Waals surface area contributed by atoms with E-state index in [2.05, 4.69) is 23.2 Å². The molecule has 1 atom stereocenters. The number of nitrogens with one attached hydrogen (secondary N) is 1. The molecular weight excluding hydrogens is 224 g/mol. The minimum atomic E-state index is 0.602. The lowest BCUT2D eigenvalue weighted by atomic mass is 10.1. The molecular formula is C14H20N4. The van der Waals surface area contributed by atoms with E-state index >= 15 is 0 Å². The largest absolute Gasteiger partial charge is 0.397 e. The van der Waals surface area contributed by atoms with Crippen LogP contribution in [-0.4, -0.2) is 30.6 Å². The Kier molecular flexibility index (Phi) is 4.06. The van der Waals surface area contributed by atoms with Crippen molar-refractivity contribution in [2.45, 2.75) is 25.8 Å². The fraction of sp³-hybridized carbons (Fsp3) is 0.500. The van der Waals surface area contributed by atoms with Crippen molar-refractivity contribution in [1.82, 2.24) is 4.90 Å². The van der Waals surface area contributed by atoms with Crippen LogP contribution < -0.4 is 11.1 Å². The molecule has 1 saturated heterocycles. The lowest BCUT2D eigenvalue weighted by Crippen LogP contribution is -2.34. The zero-order valence-corrected chi connectivity index (χ0v) is 10.8. The van der Waals surface area contributed by atoms with Gasteiger partial charge in [0.05, 0.1) is 23.0 Å². The molecule has 4 heteroatoms. The summed E-state index contributed by atoms with van der Waals surface area (Å²) in [5.74, 6) is 0. The van der Waals surface area contributed by atoms with Gasteiger partial charge in [-0.2, -0.15) is 5.26 Å². The molecule has 0 radical (unpaired) electrons. The summed E-state index contributed by atoms with van der Waals surface area (Å²) in [4.78, 5) is 2.49. The van der Waals surface area contributed by atoms with Crippen molar-refractivity contribution < 1.29 is 0 Å². The first-order valence-corrected chi connectivity index (χ1v) is 6.52. The normalized spacial score (nSPS) is 19.7. The van der Waals surface area contributed by atoms with Crippen molar-refractivity contribution in [2.24, 2.45) is 0 Å². The summed E-state index contributed by atoms with van der Waals surface area (Å²) in [6.45, 7) is 5.43. The number of nitrogens with two attached hydrogens (primary N) is 1. The van der Waals surface area contributed by atoms with E-state index in [0.29, 0.717) is 17.3 Å². The SMILES string of the molecule is CCN1CCCC1CNc1ccc(C#N)cc1N.